The van der Waals surface area contributed by atoms with E-state index < -0.39 is 11.6 Å². The van der Waals surface area contributed by atoms with E-state index in [0.717, 1.165) is 31.5 Å². The molecule has 100 valence electrons. The van der Waals surface area contributed by atoms with Gasteiger partial charge in [0, 0.05) is 35.3 Å². The first-order valence-electron chi connectivity index (χ1n) is 6.03. The molecule has 1 saturated heterocycles. The standard InChI is InChI=1S/C13H17F2NOS/c1-16-12(9-4-5-17-7-9)8-18-13-3-2-10(14)6-11(13)15/h2-3,6,9,12,16H,4-5,7-8H2,1H3. The van der Waals surface area contributed by atoms with E-state index in [2.05, 4.69) is 5.32 Å². The number of benzene rings is 1. The summed E-state index contributed by atoms with van der Waals surface area (Å²) in [5.41, 5.74) is 0. The summed E-state index contributed by atoms with van der Waals surface area (Å²) in [6.45, 7) is 1.57. The van der Waals surface area contributed by atoms with Crippen LogP contribution in [0.15, 0.2) is 23.1 Å². The van der Waals surface area contributed by atoms with Gasteiger partial charge >= 0.3 is 0 Å². The van der Waals surface area contributed by atoms with Gasteiger partial charge in [0.1, 0.15) is 11.6 Å². The lowest BCUT2D eigenvalue weighted by Gasteiger charge is -2.21. The van der Waals surface area contributed by atoms with E-state index in [1.807, 2.05) is 7.05 Å². The van der Waals surface area contributed by atoms with Crippen molar-refractivity contribution in [2.75, 3.05) is 26.0 Å². The van der Waals surface area contributed by atoms with Gasteiger partial charge in [-0.15, -0.1) is 11.8 Å². The molecule has 1 aromatic rings. The van der Waals surface area contributed by atoms with Gasteiger partial charge < -0.3 is 10.1 Å². The molecule has 1 heterocycles. The maximum Gasteiger partial charge on any atom is 0.139 e. The van der Waals surface area contributed by atoms with Crippen molar-refractivity contribution in [3.63, 3.8) is 0 Å². The van der Waals surface area contributed by atoms with Crippen LogP contribution in [0.25, 0.3) is 0 Å². The molecule has 0 amide bonds. The number of ether oxygens (including phenoxy) is 1. The zero-order chi connectivity index (χ0) is 13.0. The lowest BCUT2D eigenvalue weighted by Crippen LogP contribution is -2.36. The van der Waals surface area contributed by atoms with Gasteiger partial charge in [-0.1, -0.05) is 0 Å². The quantitative estimate of drug-likeness (QED) is 0.833. The molecule has 0 aromatic heterocycles. The highest BCUT2D eigenvalue weighted by atomic mass is 32.2. The molecule has 0 radical (unpaired) electrons. The van der Waals surface area contributed by atoms with Crippen LogP contribution >= 0.6 is 11.8 Å². The number of halogens is 2. The van der Waals surface area contributed by atoms with Crippen molar-refractivity contribution in [1.82, 2.24) is 5.32 Å². The third-order valence-electron chi connectivity index (χ3n) is 3.22. The zero-order valence-electron chi connectivity index (χ0n) is 10.3. The third-order valence-corrected chi connectivity index (χ3v) is 4.38. The summed E-state index contributed by atoms with van der Waals surface area (Å²) in [5, 5.41) is 3.25. The summed E-state index contributed by atoms with van der Waals surface area (Å²) >= 11 is 1.42. The van der Waals surface area contributed by atoms with Crippen molar-refractivity contribution in [3.8, 4) is 0 Å². The first-order valence-corrected chi connectivity index (χ1v) is 7.02. The van der Waals surface area contributed by atoms with Gasteiger partial charge in [0.15, 0.2) is 0 Å². The lowest BCUT2D eigenvalue weighted by atomic mass is 10.0. The Hall–Kier alpha value is -0.650. The van der Waals surface area contributed by atoms with Gasteiger partial charge in [-0.2, -0.15) is 0 Å². The fourth-order valence-corrected chi connectivity index (χ4v) is 3.26. The monoisotopic (exact) mass is 273 g/mol. The molecule has 2 rings (SSSR count). The second-order valence-electron chi connectivity index (χ2n) is 4.40. The molecule has 2 atom stereocenters. The molecule has 1 N–H and O–H groups in total. The average molecular weight is 273 g/mol. The van der Waals surface area contributed by atoms with Crippen LogP contribution in [0.5, 0.6) is 0 Å². The van der Waals surface area contributed by atoms with Gasteiger partial charge in [0.05, 0.1) is 6.61 Å². The molecule has 0 bridgehead atoms. The molecular weight excluding hydrogens is 256 g/mol. The van der Waals surface area contributed by atoms with Crippen molar-refractivity contribution in [1.29, 1.82) is 0 Å². The fraction of sp³-hybridized carbons (Fsp3) is 0.538. The van der Waals surface area contributed by atoms with Crippen molar-refractivity contribution >= 4 is 11.8 Å². The maximum atomic E-state index is 13.5. The number of thioether (sulfide) groups is 1. The fourth-order valence-electron chi connectivity index (χ4n) is 2.10. The molecule has 5 heteroatoms. The van der Waals surface area contributed by atoms with E-state index in [4.69, 9.17) is 4.74 Å². The second-order valence-corrected chi connectivity index (χ2v) is 5.47. The minimum atomic E-state index is -0.536. The summed E-state index contributed by atoms with van der Waals surface area (Å²) < 4.78 is 31.6. The summed E-state index contributed by atoms with van der Waals surface area (Å²) in [5.74, 6) is 0.210. The Labute approximate surface area is 110 Å². The van der Waals surface area contributed by atoms with E-state index in [9.17, 15) is 8.78 Å². The smallest absolute Gasteiger partial charge is 0.139 e. The van der Waals surface area contributed by atoms with E-state index >= 15 is 0 Å². The highest BCUT2D eigenvalue weighted by Gasteiger charge is 2.24. The summed E-state index contributed by atoms with van der Waals surface area (Å²) in [6.07, 6.45) is 1.04. The Morgan fingerprint density at radius 1 is 1.50 bits per heavy atom. The molecule has 0 aliphatic carbocycles. The topological polar surface area (TPSA) is 21.3 Å². The SMILES string of the molecule is CNC(CSc1ccc(F)cc1F)C1CCOC1. The molecule has 0 saturated carbocycles. The summed E-state index contributed by atoms with van der Waals surface area (Å²) in [4.78, 5) is 0.496. The number of hydrogen-bond donors (Lipinski definition) is 1. The van der Waals surface area contributed by atoms with E-state index in [0.29, 0.717) is 16.9 Å². The molecule has 0 spiro atoms. The van der Waals surface area contributed by atoms with E-state index in [1.165, 1.54) is 23.9 Å². The van der Waals surface area contributed by atoms with Gasteiger partial charge in [-0.05, 0) is 25.6 Å². The predicted octanol–water partition coefficient (Wildman–Crippen LogP) is 2.68. The summed E-state index contributed by atoms with van der Waals surface area (Å²) in [7, 11) is 1.91. The van der Waals surface area contributed by atoms with Crippen molar-refractivity contribution in [2.45, 2.75) is 17.4 Å². The highest BCUT2D eigenvalue weighted by Crippen LogP contribution is 2.26. The van der Waals surface area contributed by atoms with Crippen LogP contribution in [-0.4, -0.2) is 32.1 Å². The van der Waals surface area contributed by atoms with Gasteiger partial charge in [0.25, 0.3) is 0 Å². The normalized spacial score (nSPS) is 21.2. The minimum Gasteiger partial charge on any atom is -0.381 e. The second kappa shape index (κ2) is 6.50. The molecule has 1 aromatic carbocycles. The lowest BCUT2D eigenvalue weighted by molar-refractivity contribution is 0.180. The molecule has 2 nitrogen and oxygen atoms in total. The van der Waals surface area contributed by atoms with Gasteiger partial charge in [-0.3, -0.25) is 0 Å². The Kier molecular flexibility index (Phi) is 4.97. The summed E-state index contributed by atoms with van der Waals surface area (Å²) in [6, 6.07) is 4.00. The Balaban J connectivity index is 1.92. The first kappa shape index (κ1) is 13.8. The van der Waals surface area contributed by atoms with Crippen molar-refractivity contribution in [3.05, 3.63) is 29.8 Å². The first-order chi connectivity index (χ1) is 8.70. The van der Waals surface area contributed by atoms with Crippen LogP contribution in [0.1, 0.15) is 6.42 Å². The van der Waals surface area contributed by atoms with Crippen LogP contribution in [0, 0.1) is 17.6 Å². The van der Waals surface area contributed by atoms with Crippen molar-refractivity contribution < 1.29 is 13.5 Å². The van der Waals surface area contributed by atoms with Gasteiger partial charge in [0.2, 0.25) is 0 Å². The largest absolute Gasteiger partial charge is 0.381 e. The predicted molar refractivity (Wildman–Crippen MR) is 68.9 cm³/mol. The van der Waals surface area contributed by atoms with Crippen LogP contribution in [0.3, 0.4) is 0 Å². The minimum absolute atomic E-state index is 0.293. The van der Waals surface area contributed by atoms with Crippen molar-refractivity contribution in [2.24, 2.45) is 5.92 Å². The third kappa shape index (κ3) is 3.43. The number of nitrogens with one attached hydrogen (secondary N) is 1. The van der Waals surface area contributed by atoms with E-state index in [1.54, 1.807) is 0 Å². The average Bonchev–Trinajstić information content (AvgIpc) is 2.86. The van der Waals surface area contributed by atoms with E-state index in [-0.39, 0.29) is 0 Å². The molecular formula is C13H17F2NOS. The maximum absolute atomic E-state index is 13.5. The molecule has 1 fully saturated rings. The number of hydrogen-bond acceptors (Lipinski definition) is 3. The van der Waals surface area contributed by atoms with Crippen LogP contribution in [0.2, 0.25) is 0 Å². The molecule has 2 unspecified atom stereocenters. The van der Waals surface area contributed by atoms with Crippen LogP contribution in [-0.2, 0) is 4.74 Å². The number of rotatable bonds is 5. The Morgan fingerprint density at radius 3 is 2.94 bits per heavy atom. The zero-order valence-corrected chi connectivity index (χ0v) is 11.1. The van der Waals surface area contributed by atoms with Crippen LogP contribution in [0.4, 0.5) is 8.78 Å². The van der Waals surface area contributed by atoms with Crippen LogP contribution < -0.4 is 5.32 Å². The molecule has 1 aliphatic rings. The highest BCUT2D eigenvalue weighted by molar-refractivity contribution is 7.99. The van der Waals surface area contributed by atoms with Gasteiger partial charge in [-0.25, -0.2) is 8.78 Å². The molecule has 1 aliphatic heterocycles. The Bertz CT molecular complexity index is 397. The Morgan fingerprint density at radius 2 is 2.33 bits per heavy atom. The molecule has 18 heavy (non-hydrogen) atoms.